The van der Waals surface area contributed by atoms with Gasteiger partial charge in [0.1, 0.15) is 0 Å². The Morgan fingerprint density at radius 1 is 0.609 bits per heavy atom. The van der Waals surface area contributed by atoms with Crippen molar-refractivity contribution < 1.29 is 8.42 Å². The molecule has 2 nitrogen and oxygen atoms in total. The maximum absolute atomic E-state index is 12.3. The van der Waals surface area contributed by atoms with E-state index in [2.05, 4.69) is 11.2 Å². The normalized spacial score (nSPS) is 10.6. The second-order valence-electron chi connectivity index (χ2n) is 4.99. The van der Waals surface area contributed by atoms with Crippen molar-refractivity contribution >= 4 is 9.84 Å². The summed E-state index contributed by atoms with van der Waals surface area (Å²) in [5.74, 6) is 2.69. The average Bonchev–Trinajstić information content (AvgIpc) is 2.62. The van der Waals surface area contributed by atoms with Crippen LogP contribution in [0.3, 0.4) is 0 Å². The zero-order valence-electron chi connectivity index (χ0n) is 12.3. The zero-order valence-corrected chi connectivity index (χ0v) is 13.1. The molecule has 0 bridgehead atoms. The SMILES string of the molecule is O=S(=O)(C#Cc1ccccc1)c1ccc(-c2ccccc2)cc1. The summed E-state index contributed by atoms with van der Waals surface area (Å²) in [5.41, 5.74) is 2.70. The predicted octanol–water partition coefficient (Wildman–Crippen LogP) is 4.14. The van der Waals surface area contributed by atoms with E-state index in [0.717, 1.165) is 11.1 Å². The highest BCUT2D eigenvalue weighted by Gasteiger charge is 2.10. The van der Waals surface area contributed by atoms with Crippen LogP contribution in [0.4, 0.5) is 0 Å². The maximum Gasteiger partial charge on any atom is 0.245 e. The molecule has 0 saturated heterocycles. The first-order chi connectivity index (χ1) is 11.1. The lowest BCUT2D eigenvalue weighted by Crippen LogP contribution is -1.96. The molecule has 0 radical (unpaired) electrons. The molecule has 3 aromatic rings. The first kappa shape index (κ1) is 15.1. The lowest BCUT2D eigenvalue weighted by molar-refractivity contribution is 0.606. The topological polar surface area (TPSA) is 34.1 Å². The molecule has 0 aromatic heterocycles. The van der Waals surface area contributed by atoms with E-state index in [1.54, 1.807) is 36.4 Å². The molecule has 112 valence electrons. The minimum atomic E-state index is -3.62. The Morgan fingerprint density at radius 2 is 1.13 bits per heavy atom. The fraction of sp³-hybridized carbons (Fsp3) is 0. The molecule has 0 aliphatic heterocycles. The van der Waals surface area contributed by atoms with E-state index >= 15 is 0 Å². The summed E-state index contributed by atoms with van der Waals surface area (Å²) >= 11 is 0. The lowest BCUT2D eigenvalue weighted by atomic mass is 10.1. The van der Waals surface area contributed by atoms with Crippen molar-refractivity contribution in [3.63, 3.8) is 0 Å². The van der Waals surface area contributed by atoms with E-state index in [9.17, 15) is 8.42 Å². The van der Waals surface area contributed by atoms with Crippen LogP contribution in [-0.4, -0.2) is 8.42 Å². The van der Waals surface area contributed by atoms with Gasteiger partial charge in [0, 0.05) is 10.8 Å². The van der Waals surface area contributed by atoms with Gasteiger partial charge >= 0.3 is 0 Å². The van der Waals surface area contributed by atoms with E-state index < -0.39 is 9.84 Å². The Morgan fingerprint density at radius 3 is 1.74 bits per heavy atom. The first-order valence-electron chi connectivity index (χ1n) is 7.13. The van der Waals surface area contributed by atoms with Crippen molar-refractivity contribution in [3.8, 4) is 22.3 Å². The zero-order chi connectivity index (χ0) is 16.1. The summed E-state index contributed by atoms with van der Waals surface area (Å²) in [6.07, 6.45) is 0. The van der Waals surface area contributed by atoms with Crippen LogP contribution in [0.25, 0.3) is 11.1 Å². The molecule has 0 aliphatic carbocycles. The van der Waals surface area contributed by atoms with Gasteiger partial charge in [-0.3, -0.25) is 0 Å². The molecular formula is C20H14O2S. The molecule has 0 atom stereocenters. The van der Waals surface area contributed by atoms with Crippen molar-refractivity contribution in [3.05, 3.63) is 90.5 Å². The van der Waals surface area contributed by atoms with Crippen LogP contribution in [0.15, 0.2) is 89.8 Å². The summed E-state index contributed by atoms with van der Waals surface area (Å²) < 4.78 is 24.6. The standard InChI is InChI=1S/C20H14O2S/c21-23(22,16-15-17-7-3-1-4-8-17)20-13-11-19(12-14-20)18-9-5-2-6-10-18/h1-14H. The fourth-order valence-electron chi connectivity index (χ4n) is 2.16. The summed E-state index contributed by atoms with van der Waals surface area (Å²) in [7, 11) is -3.62. The summed E-state index contributed by atoms with van der Waals surface area (Å²) in [4.78, 5) is 0.209. The highest BCUT2D eigenvalue weighted by Crippen LogP contribution is 2.21. The second kappa shape index (κ2) is 6.51. The average molecular weight is 318 g/mol. The van der Waals surface area contributed by atoms with Crippen molar-refractivity contribution in [1.82, 2.24) is 0 Å². The van der Waals surface area contributed by atoms with Gasteiger partial charge in [0.15, 0.2) is 0 Å². The number of hydrogen-bond acceptors (Lipinski definition) is 2. The second-order valence-corrected chi connectivity index (χ2v) is 6.67. The number of benzene rings is 3. The molecule has 0 amide bonds. The Kier molecular flexibility index (Phi) is 4.27. The molecule has 0 N–H and O–H groups in total. The number of rotatable bonds is 2. The van der Waals surface area contributed by atoms with Gasteiger partial charge in [-0.15, -0.1) is 0 Å². The Balaban J connectivity index is 1.88. The van der Waals surface area contributed by atoms with E-state index in [1.165, 1.54) is 0 Å². The van der Waals surface area contributed by atoms with Crippen LogP contribution in [0.5, 0.6) is 0 Å². The molecule has 0 fully saturated rings. The van der Waals surface area contributed by atoms with Crippen molar-refractivity contribution in [2.24, 2.45) is 0 Å². The van der Waals surface area contributed by atoms with Gasteiger partial charge in [0.2, 0.25) is 9.84 Å². The largest absolute Gasteiger partial charge is 0.245 e. The van der Waals surface area contributed by atoms with Crippen LogP contribution in [0.2, 0.25) is 0 Å². The van der Waals surface area contributed by atoms with Gasteiger partial charge in [-0.05, 0) is 41.3 Å². The molecule has 23 heavy (non-hydrogen) atoms. The van der Waals surface area contributed by atoms with E-state index in [0.29, 0.717) is 5.56 Å². The molecular weight excluding hydrogens is 304 g/mol. The minimum absolute atomic E-state index is 0.209. The molecule has 3 heteroatoms. The first-order valence-corrected chi connectivity index (χ1v) is 8.62. The fourth-order valence-corrected chi connectivity index (χ4v) is 3.03. The van der Waals surface area contributed by atoms with Crippen LogP contribution in [0.1, 0.15) is 5.56 Å². The Bertz CT molecular complexity index is 947. The van der Waals surface area contributed by atoms with Gasteiger partial charge < -0.3 is 0 Å². The molecule has 3 rings (SSSR count). The monoisotopic (exact) mass is 318 g/mol. The quantitative estimate of drug-likeness (QED) is 0.666. The van der Waals surface area contributed by atoms with E-state index in [-0.39, 0.29) is 4.90 Å². The Labute approximate surface area is 136 Å². The molecule has 0 unspecified atom stereocenters. The van der Waals surface area contributed by atoms with Crippen LogP contribution in [-0.2, 0) is 9.84 Å². The highest BCUT2D eigenvalue weighted by molar-refractivity contribution is 7.96. The molecule has 0 aliphatic rings. The van der Waals surface area contributed by atoms with E-state index in [1.807, 2.05) is 48.5 Å². The van der Waals surface area contributed by atoms with Crippen molar-refractivity contribution in [2.45, 2.75) is 4.90 Å². The van der Waals surface area contributed by atoms with Crippen LogP contribution in [0, 0.1) is 11.2 Å². The predicted molar refractivity (Wildman–Crippen MR) is 92.4 cm³/mol. The van der Waals surface area contributed by atoms with Gasteiger partial charge in [-0.2, -0.15) is 0 Å². The van der Waals surface area contributed by atoms with Gasteiger partial charge in [0.05, 0.1) is 4.90 Å². The molecule has 0 spiro atoms. The molecule has 3 aromatic carbocycles. The third kappa shape index (κ3) is 3.68. The van der Waals surface area contributed by atoms with E-state index in [4.69, 9.17) is 0 Å². The highest BCUT2D eigenvalue weighted by atomic mass is 32.2. The summed E-state index contributed by atoms with van der Waals surface area (Å²) in [5, 5.41) is 2.37. The van der Waals surface area contributed by atoms with Gasteiger partial charge in [0.25, 0.3) is 0 Å². The summed E-state index contributed by atoms with van der Waals surface area (Å²) in [6, 6.07) is 25.7. The maximum atomic E-state index is 12.3. The Hall–Kier alpha value is -2.83. The van der Waals surface area contributed by atoms with Crippen LogP contribution >= 0.6 is 0 Å². The smallest absolute Gasteiger partial charge is 0.210 e. The van der Waals surface area contributed by atoms with Gasteiger partial charge in [-0.25, -0.2) is 8.42 Å². The summed E-state index contributed by atoms with van der Waals surface area (Å²) in [6.45, 7) is 0. The third-order valence-electron chi connectivity index (χ3n) is 3.38. The third-order valence-corrected chi connectivity index (χ3v) is 4.64. The number of sulfone groups is 1. The number of hydrogen-bond donors (Lipinski definition) is 0. The van der Waals surface area contributed by atoms with Crippen molar-refractivity contribution in [1.29, 1.82) is 0 Å². The van der Waals surface area contributed by atoms with Gasteiger partial charge in [-0.1, -0.05) is 60.7 Å². The lowest BCUT2D eigenvalue weighted by Gasteiger charge is -2.02. The van der Waals surface area contributed by atoms with Crippen molar-refractivity contribution in [2.75, 3.05) is 0 Å². The van der Waals surface area contributed by atoms with Crippen LogP contribution < -0.4 is 0 Å². The minimum Gasteiger partial charge on any atom is -0.210 e. The molecule has 0 saturated carbocycles. The molecule has 0 heterocycles.